The summed E-state index contributed by atoms with van der Waals surface area (Å²) in [4.78, 5) is 35.2. The van der Waals surface area contributed by atoms with Crippen LogP contribution in [0.5, 0.6) is 0 Å². The summed E-state index contributed by atoms with van der Waals surface area (Å²) in [5, 5.41) is 7.12. The van der Waals surface area contributed by atoms with Crippen LogP contribution in [0.15, 0.2) is 35.4 Å². The first-order valence-electron chi connectivity index (χ1n) is 11.2. The number of aromatic nitrogens is 4. The van der Waals surface area contributed by atoms with Gasteiger partial charge in [-0.05, 0) is 57.7 Å². The molecule has 190 valence electrons. The molecule has 0 saturated carbocycles. The number of nitrogens with zero attached hydrogens (tertiary/aromatic N) is 4. The standard InChI is InChI=1S/C21H26FN5O.C2HF3O2/c1-15-23-14-18(25-15)3-2-16-6-8-26(9-7-16)10-11-27-20-12-17(22)13-24-19(20)4-5-21(27)28;3-2(4,5)1(6)7/h4-5,12-14,16H,2-3,6-11H2,1H3,(H,23,25);(H,6,7). The molecule has 35 heavy (non-hydrogen) atoms. The number of likely N-dealkylation sites (tertiary alicyclic amines) is 1. The van der Waals surface area contributed by atoms with Gasteiger partial charge in [0.25, 0.3) is 5.56 Å². The van der Waals surface area contributed by atoms with Crippen molar-refractivity contribution in [1.82, 2.24) is 24.4 Å². The lowest BCUT2D eigenvalue weighted by atomic mass is 9.91. The summed E-state index contributed by atoms with van der Waals surface area (Å²) in [5.41, 5.74) is 2.33. The summed E-state index contributed by atoms with van der Waals surface area (Å²) < 4.78 is 47.0. The Bertz CT molecular complexity index is 1200. The van der Waals surface area contributed by atoms with E-state index >= 15 is 0 Å². The van der Waals surface area contributed by atoms with Crippen LogP contribution in [0.2, 0.25) is 0 Å². The summed E-state index contributed by atoms with van der Waals surface area (Å²) >= 11 is 0. The molecule has 0 aromatic carbocycles. The van der Waals surface area contributed by atoms with Crippen LogP contribution in [-0.2, 0) is 17.8 Å². The number of imidazole rings is 1. The molecule has 1 aliphatic heterocycles. The van der Waals surface area contributed by atoms with Gasteiger partial charge in [0, 0.05) is 37.1 Å². The van der Waals surface area contributed by atoms with E-state index in [0.717, 1.165) is 37.8 Å². The third-order valence-electron chi connectivity index (χ3n) is 5.97. The molecule has 2 N–H and O–H groups in total. The fourth-order valence-electron chi connectivity index (χ4n) is 4.07. The third kappa shape index (κ3) is 7.61. The number of aliphatic carboxylic acids is 1. The van der Waals surface area contributed by atoms with Gasteiger partial charge in [0.15, 0.2) is 0 Å². The number of nitrogens with one attached hydrogen (secondary N) is 1. The van der Waals surface area contributed by atoms with Crippen molar-refractivity contribution in [1.29, 1.82) is 0 Å². The van der Waals surface area contributed by atoms with Gasteiger partial charge in [0.1, 0.15) is 11.6 Å². The van der Waals surface area contributed by atoms with Crippen LogP contribution in [0.3, 0.4) is 0 Å². The maximum Gasteiger partial charge on any atom is 0.490 e. The molecule has 0 aliphatic carbocycles. The Hall–Kier alpha value is -3.28. The maximum absolute atomic E-state index is 13.6. The highest BCUT2D eigenvalue weighted by molar-refractivity contribution is 5.74. The Morgan fingerprint density at radius 2 is 1.86 bits per heavy atom. The minimum absolute atomic E-state index is 0.107. The molecule has 0 atom stereocenters. The Morgan fingerprint density at radius 1 is 1.17 bits per heavy atom. The molecule has 1 saturated heterocycles. The van der Waals surface area contributed by atoms with E-state index in [4.69, 9.17) is 9.90 Å². The number of rotatable bonds is 6. The van der Waals surface area contributed by atoms with Crippen LogP contribution < -0.4 is 5.56 Å². The third-order valence-corrected chi connectivity index (χ3v) is 5.97. The Morgan fingerprint density at radius 3 is 2.46 bits per heavy atom. The normalized spacial score (nSPS) is 15.1. The number of fused-ring (bicyclic) bond motifs is 1. The number of aryl methyl sites for hydroxylation is 2. The number of hydrogen-bond acceptors (Lipinski definition) is 5. The van der Waals surface area contributed by atoms with Gasteiger partial charge >= 0.3 is 12.1 Å². The predicted molar refractivity (Wildman–Crippen MR) is 120 cm³/mol. The minimum atomic E-state index is -5.08. The molecule has 3 aromatic rings. The number of carboxylic acids is 1. The molecular weight excluding hydrogens is 470 g/mol. The molecule has 8 nitrogen and oxygen atoms in total. The van der Waals surface area contributed by atoms with Crippen molar-refractivity contribution >= 4 is 17.0 Å². The molecule has 4 heterocycles. The topological polar surface area (TPSA) is 104 Å². The van der Waals surface area contributed by atoms with Gasteiger partial charge < -0.3 is 19.6 Å². The lowest BCUT2D eigenvalue weighted by Crippen LogP contribution is -2.37. The number of hydrogen-bond donors (Lipinski definition) is 2. The highest BCUT2D eigenvalue weighted by atomic mass is 19.4. The summed E-state index contributed by atoms with van der Waals surface area (Å²) in [6.07, 6.45) is 2.62. The second-order valence-electron chi connectivity index (χ2n) is 8.50. The molecule has 0 bridgehead atoms. The van der Waals surface area contributed by atoms with Crippen molar-refractivity contribution in [3.8, 4) is 0 Å². The highest BCUT2D eigenvalue weighted by Gasteiger charge is 2.38. The molecule has 3 aromatic heterocycles. The number of H-pyrrole nitrogens is 1. The number of halogens is 4. The van der Waals surface area contributed by atoms with E-state index in [0.29, 0.717) is 17.6 Å². The molecule has 0 radical (unpaired) electrons. The average molecular weight is 497 g/mol. The SMILES string of the molecule is Cc1ncc(CCC2CCN(CCn3c(=O)ccc4ncc(F)cc43)CC2)[nH]1.O=C(O)C(F)(F)F. The van der Waals surface area contributed by atoms with Gasteiger partial charge in [-0.1, -0.05) is 0 Å². The Balaban J connectivity index is 0.000000429. The smallest absolute Gasteiger partial charge is 0.475 e. The lowest BCUT2D eigenvalue weighted by Gasteiger charge is -2.32. The Kier molecular flexibility index (Phi) is 8.60. The van der Waals surface area contributed by atoms with Gasteiger partial charge in [0.2, 0.25) is 0 Å². The number of aromatic amines is 1. The van der Waals surface area contributed by atoms with Crippen LogP contribution in [0.4, 0.5) is 17.6 Å². The molecular formula is C23H27F4N5O3. The second-order valence-corrected chi connectivity index (χ2v) is 8.50. The maximum atomic E-state index is 13.6. The molecule has 0 unspecified atom stereocenters. The Labute approximate surface area is 198 Å². The quantitative estimate of drug-likeness (QED) is 0.505. The molecule has 0 amide bonds. The zero-order valence-electron chi connectivity index (χ0n) is 19.2. The van der Waals surface area contributed by atoms with Gasteiger partial charge in [-0.2, -0.15) is 13.2 Å². The van der Waals surface area contributed by atoms with Gasteiger partial charge in [0.05, 0.1) is 17.2 Å². The first-order chi connectivity index (χ1) is 16.5. The summed E-state index contributed by atoms with van der Waals surface area (Å²) in [6.45, 7) is 5.41. The van der Waals surface area contributed by atoms with Crippen LogP contribution in [-0.4, -0.2) is 61.3 Å². The second kappa shape index (κ2) is 11.4. The molecule has 0 spiro atoms. The summed E-state index contributed by atoms with van der Waals surface area (Å²) in [5.74, 6) is -1.46. The van der Waals surface area contributed by atoms with Gasteiger partial charge in [-0.15, -0.1) is 0 Å². The van der Waals surface area contributed by atoms with E-state index in [1.807, 2.05) is 13.1 Å². The van der Waals surface area contributed by atoms with E-state index in [-0.39, 0.29) is 5.56 Å². The van der Waals surface area contributed by atoms with Gasteiger partial charge in [-0.25, -0.2) is 14.2 Å². The number of piperidine rings is 1. The van der Waals surface area contributed by atoms with Crippen molar-refractivity contribution in [3.05, 3.63) is 58.3 Å². The number of pyridine rings is 2. The van der Waals surface area contributed by atoms with Crippen molar-refractivity contribution in [2.75, 3.05) is 19.6 Å². The van der Waals surface area contributed by atoms with E-state index in [1.54, 1.807) is 10.6 Å². The zero-order chi connectivity index (χ0) is 25.6. The fourth-order valence-corrected chi connectivity index (χ4v) is 4.07. The molecule has 1 aliphatic rings. The number of carbonyl (C=O) groups is 1. The van der Waals surface area contributed by atoms with E-state index in [2.05, 4.69) is 19.9 Å². The van der Waals surface area contributed by atoms with E-state index in [1.165, 1.54) is 43.3 Å². The molecule has 1 fully saturated rings. The predicted octanol–water partition coefficient (Wildman–Crippen LogP) is 3.55. The number of alkyl halides is 3. The average Bonchev–Trinajstić information content (AvgIpc) is 3.22. The van der Waals surface area contributed by atoms with Crippen molar-refractivity contribution in [2.45, 2.75) is 45.3 Å². The summed E-state index contributed by atoms with van der Waals surface area (Å²) in [7, 11) is 0. The minimum Gasteiger partial charge on any atom is -0.475 e. The van der Waals surface area contributed by atoms with Crippen LogP contribution in [0.1, 0.15) is 30.8 Å². The van der Waals surface area contributed by atoms with Crippen LogP contribution >= 0.6 is 0 Å². The van der Waals surface area contributed by atoms with Crippen molar-refractivity contribution in [3.63, 3.8) is 0 Å². The largest absolute Gasteiger partial charge is 0.490 e. The zero-order valence-corrected chi connectivity index (χ0v) is 19.2. The van der Waals surface area contributed by atoms with E-state index < -0.39 is 18.0 Å². The van der Waals surface area contributed by atoms with Crippen molar-refractivity contribution in [2.24, 2.45) is 5.92 Å². The lowest BCUT2D eigenvalue weighted by molar-refractivity contribution is -0.192. The number of carboxylic acid groups (broad SMARTS) is 1. The van der Waals surface area contributed by atoms with Crippen LogP contribution in [0.25, 0.3) is 11.0 Å². The van der Waals surface area contributed by atoms with Crippen molar-refractivity contribution < 1.29 is 27.5 Å². The first kappa shape index (κ1) is 26.3. The van der Waals surface area contributed by atoms with Crippen LogP contribution in [0, 0.1) is 18.7 Å². The molecule has 12 heteroatoms. The first-order valence-corrected chi connectivity index (χ1v) is 11.2. The van der Waals surface area contributed by atoms with E-state index in [9.17, 15) is 22.4 Å². The fraction of sp³-hybridized carbons (Fsp3) is 0.478. The molecule has 4 rings (SSSR count). The van der Waals surface area contributed by atoms with Gasteiger partial charge in [-0.3, -0.25) is 9.78 Å². The monoisotopic (exact) mass is 497 g/mol. The summed E-state index contributed by atoms with van der Waals surface area (Å²) in [6, 6.07) is 4.56. The highest BCUT2D eigenvalue weighted by Crippen LogP contribution is 2.22.